The Labute approximate surface area is 68.6 Å². The molecule has 0 aromatic carbocycles. The third kappa shape index (κ3) is 4.59. The van der Waals surface area contributed by atoms with Gasteiger partial charge < -0.3 is 4.42 Å². The molecule has 0 amide bonds. The Kier molecular flexibility index (Phi) is 5.53. The molecule has 1 heterocycles. The highest BCUT2D eigenvalue weighted by molar-refractivity contribution is 4.91. The van der Waals surface area contributed by atoms with Gasteiger partial charge in [0.25, 0.3) is 0 Å². The van der Waals surface area contributed by atoms with Gasteiger partial charge in [-0.25, -0.2) is 4.98 Å². The third-order valence-corrected chi connectivity index (χ3v) is 1.10. The molecule has 1 aromatic rings. The molecule has 0 bridgehead atoms. The highest BCUT2D eigenvalue weighted by Crippen LogP contribution is 2.03. The zero-order valence-electron chi connectivity index (χ0n) is 7.79. The van der Waals surface area contributed by atoms with Crippen LogP contribution >= 0.6 is 0 Å². The van der Waals surface area contributed by atoms with E-state index in [0.29, 0.717) is 5.92 Å². The number of aromatic nitrogens is 1. The van der Waals surface area contributed by atoms with Crippen molar-refractivity contribution in [1.29, 1.82) is 0 Å². The van der Waals surface area contributed by atoms with Crippen LogP contribution in [0.2, 0.25) is 0 Å². The van der Waals surface area contributed by atoms with Crippen molar-refractivity contribution in [2.75, 3.05) is 0 Å². The Bertz CT molecular complexity index is 156. The fraction of sp³-hybridized carbons (Fsp3) is 0.667. The minimum atomic E-state index is 0.662. The van der Waals surface area contributed by atoms with Crippen molar-refractivity contribution >= 4 is 0 Å². The summed E-state index contributed by atoms with van der Waals surface area (Å²) in [6.45, 7) is 8.32. The second-order valence-electron chi connectivity index (χ2n) is 2.58. The lowest BCUT2D eigenvalue weighted by atomic mass is 10.1. The maximum absolute atomic E-state index is 4.80. The molecule has 0 unspecified atom stereocenters. The Morgan fingerprint density at radius 2 is 2.09 bits per heavy atom. The third-order valence-electron chi connectivity index (χ3n) is 1.10. The van der Waals surface area contributed by atoms with E-state index in [9.17, 15) is 0 Å². The fourth-order valence-electron chi connectivity index (χ4n) is 0.757. The van der Waals surface area contributed by atoms with Crippen LogP contribution in [0, 0.1) is 5.92 Å². The summed E-state index contributed by atoms with van der Waals surface area (Å²) in [6.07, 6.45) is 4.17. The van der Waals surface area contributed by atoms with Gasteiger partial charge in [-0.1, -0.05) is 27.7 Å². The minimum Gasteiger partial charge on any atom is -0.451 e. The number of rotatable bonds is 2. The molecule has 0 aliphatic rings. The predicted octanol–water partition coefficient (Wildman–Crippen LogP) is 2.90. The number of nitrogens with zero attached hydrogens (tertiary/aromatic N) is 1. The first-order valence-electron chi connectivity index (χ1n) is 4.16. The van der Waals surface area contributed by atoms with Gasteiger partial charge in [0, 0.05) is 0 Å². The average molecular weight is 155 g/mol. The molecule has 0 N–H and O–H groups in total. The van der Waals surface area contributed by atoms with Crippen molar-refractivity contribution in [3.05, 3.63) is 18.4 Å². The van der Waals surface area contributed by atoms with Crippen LogP contribution in [0.25, 0.3) is 0 Å². The monoisotopic (exact) mass is 155 g/mol. The average Bonchev–Trinajstić information content (AvgIpc) is 2.43. The molecule has 0 aliphatic heterocycles. The molecule has 0 aliphatic carbocycles. The minimum absolute atomic E-state index is 0.662. The van der Waals surface area contributed by atoms with Crippen molar-refractivity contribution < 1.29 is 4.42 Å². The first-order valence-corrected chi connectivity index (χ1v) is 4.16. The predicted molar refractivity (Wildman–Crippen MR) is 46.4 cm³/mol. The maximum Gasteiger partial charge on any atom is 0.180 e. The Balaban J connectivity index is 0.000000461. The fourth-order valence-corrected chi connectivity index (χ4v) is 0.757. The van der Waals surface area contributed by atoms with Gasteiger partial charge in [0.1, 0.15) is 6.26 Å². The number of hydrogen-bond acceptors (Lipinski definition) is 2. The molecule has 0 saturated heterocycles. The summed E-state index contributed by atoms with van der Waals surface area (Å²) in [5, 5.41) is 0. The van der Waals surface area contributed by atoms with Gasteiger partial charge in [-0.2, -0.15) is 0 Å². The smallest absolute Gasteiger partial charge is 0.180 e. The summed E-state index contributed by atoms with van der Waals surface area (Å²) in [6, 6.07) is 0. The van der Waals surface area contributed by atoms with E-state index in [-0.39, 0.29) is 0 Å². The van der Waals surface area contributed by atoms with Crippen LogP contribution in [0.1, 0.15) is 33.4 Å². The quantitative estimate of drug-likeness (QED) is 0.656. The molecule has 0 radical (unpaired) electrons. The normalized spacial score (nSPS) is 9.18. The van der Waals surface area contributed by atoms with Gasteiger partial charge in [-0.3, -0.25) is 0 Å². The second kappa shape index (κ2) is 5.96. The van der Waals surface area contributed by atoms with E-state index in [1.54, 1.807) is 6.26 Å². The largest absolute Gasteiger partial charge is 0.451 e. The van der Waals surface area contributed by atoms with Gasteiger partial charge in [0.05, 0.1) is 5.69 Å². The van der Waals surface area contributed by atoms with Crippen molar-refractivity contribution in [3.8, 4) is 0 Å². The molecular weight excluding hydrogens is 138 g/mol. The van der Waals surface area contributed by atoms with Crippen LogP contribution in [0.3, 0.4) is 0 Å². The van der Waals surface area contributed by atoms with E-state index in [1.165, 1.54) is 6.39 Å². The molecule has 0 atom stereocenters. The zero-order chi connectivity index (χ0) is 8.69. The summed E-state index contributed by atoms with van der Waals surface area (Å²) in [5.41, 5.74) is 1.05. The Morgan fingerprint density at radius 1 is 1.45 bits per heavy atom. The molecule has 0 fully saturated rings. The summed E-state index contributed by atoms with van der Waals surface area (Å²) in [4.78, 5) is 3.99. The lowest BCUT2D eigenvalue weighted by Gasteiger charge is -1.96. The van der Waals surface area contributed by atoms with E-state index in [1.807, 2.05) is 13.8 Å². The van der Waals surface area contributed by atoms with Gasteiger partial charge in [0.15, 0.2) is 6.39 Å². The second-order valence-corrected chi connectivity index (χ2v) is 2.58. The molecular formula is C9H17NO. The van der Waals surface area contributed by atoms with Crippen LogP contribution < -0.4 is 0 Å². The highest BCUT2D eigenvalue weighted by atomic mass is 16.3. The summed E-state index contributed by atoms with van der Waals surface area (Å²) < 4.78 is 4.80. The molecule has 1 aromatic heterocycles. The van der Waals surface area contributed by atoms with Crippen molar-refractivity contribution in [2.24, 2.45) is 5.92 Å². The Hall–Kier alpha value is -0.790. The molecule has 2 nitrogen and oxygen atoms in total. The van der Waals surface area contributed by atoms with E-state index < -0.39 is 0 Å². The Morgan fingerprint density at radius 3 is 2.45 bits per heavy atom. The number of oxazole rings is 1. The summed E-state index contributed by atoms with van der Waals surface area (Å²) in [7, 11) is 0. The summed E-state index contributed by atoms with van der Waals surface area (Å²) >= 11 is 0. The standard InChI is InChI=1S/C7H11NO.C2H6/c1-6(2)3-7-4-9-5-8-7;1-2/h4-6H,3H2,1-2H3;1-2H3. The van der Waals surface area contributed by atoms with Gasteiger partial charge in [0.2, 0.25) is 0 Å². The first-order chi connectivity index (χ1) is 5.29. The van der Waals surface area contributed by atoms with Crippen molar-refractivity contribution in [1.82, 2.24) is 4.98 Å². The van der Waals surface area contributed by atoms with Gasteiger partial charge in [-0.05, 0) is 12.3 Å². The summed E-state index contributed by atoms with van der Waals surface area (Å²) in [5.74, 6) is 0.662. The van der Waals surface area contributed by atoms with Gasteiger partial charge >= 0.3 is 0 Å². The molecule has 1 rings (SSSR count). The van der Waals surface area contributed by atoms with E-state index in [2.05, 4.69) is 18.8 Å². The molecule has 2 heteroatoms. The maximum atomic E-state index is 4.80. The van der Waals surface area contributed by atoms with E-state index >= 15 is 0 Å². The lowest BCUT2D eigenvalue weighted by molar-refractivity contribution is 0.553. The van der Waals surface area contributed by atoms with Crippen LogP contribution in [0.5, 0.6) is 0 Å². The van der Waals surface area contributed by atoms with Crippen LogP contribution in [0.15, 0.2) is 17.1 Å². The van der Waals surface area contributed by atoms with E-state index in [0.717, 1.165) is 12.1 Å². The SMILES string of the molecule is CC.CC(C)Cc1cocn1. The van der Waals surface area contributed by atoms with E-state index in [4.69, 9.17) is 4.42 Å². The van der Waals surface area contributed by atoms with Crippen molar-refractivity contribution in [3.63, 3.8) is 0 Å². The van der Waals surface area contributed by atoms with Crippen LogP contribution in [0.4, 0.5) is 0 Å². The van der Waals surface area contributed by atoms with Crippen LogP contribution in [-0.4, -0.2) is 4.98 Å². The van der Waals surface area contributed by atoms with Gasteiger partial charge in [-0.15, -0.1) is 0 Å². The van der Waals surface area contributed by atoms with Crippen LogP contribution in [-0.2, 0) is 6.42 Å². The molecule has 64 valence electrons. The number of hydrogen-bond donors (Lipinski definition) is 0. The molecule has 0 spiro atoms. The first kappa shape index (κ1) is 10.2. The molecule has 0 saturated carbocycles. The van der Waals surface area contributed by atoms with Crippen molar-refractivity contribution in [2.45, 2.75) is 34.1 Å². The highest BCUT2D eigenvalue weighted by Gasteiger charge is 1.98. The molecule has 11 heavy (non-hydrogen) atoms. The zero-order valence-corrected chi connectivity index (χ0v) is 7.79. The lowest BCUT2D eigenvalue weighted by Crippen LogP contribution is -1.92. The topological polar surface area (TPSA) is 26.0 Å².